The molecular formula is C15H18N4OS. The molecule has 1 aliphatic carbocycles. The number of fused-ring (bicyclic) bond motifs is 5. The van der Waals surface area contributed by atoms with Crippen LogP contribution in [0.1, 0.15) is 24.1 Å². The minimum Gasteiger partial charge on any atom is -0.374 e. The third-order valence-electron chi connectivity index (χ3n) is 4.92. The summed E-state index contributed by atoms with van der Waals surface area (Å²) in [6, 6.07) is 0.538. The molecule has 5 rings (SSSR count). The van der Waals surface area contributed by atoms with E-state index < -0.39 is 0 Å². The van der Waals surface area contributed by atoms with Gasteiger partial charge in [0.1, 0.15) is 0 Å². The van der Waals surface area contributed by atoms with Gasteiger partial charge in [0, 0.05) is 13.6 Å². The molecule has 4 heterocycles. The molecule has 21 heavy (non-hydrogen) atoms. The van der Waals surface area contributed by atoms with Crippen molar-refractivity contribution in [2.24, 2.45) is 7.05 Å². The first kappa shape index (κ1) is 12.2. The maximum Gasteiger partial charge on any atom is 0.186 e. The average molecular weight is 302 g/mol. The van der Waals surface area contributed by atoms with Crippen LogP contribution in [0.3, 0.4) is 0 Å². The van der Waals surface area contributed by atoms with E-state index in [4.69, 9.17) is 9.72 Å². The summed E-state index contributed by atoms with van der Waals surface area (Å²) in [5.74, 6) is 0. The number of morpholine rings is 1. The Morgan fingerprint density at radius 1 is 1.38 bits per heavy atom. The molecule has 5 nitrogen and oxygen atoms in total. The Morgan fingerprint density at radius 2 is 2.33 bits per heavy atom. The lowest BCUT2D eigenvalue weighted by Gasteiger charge is -2.26. The van der Waals surface area contributed by atoms with Crippen LogP contribution in [0, 0.1) is 0 Å². The third-order valence-corrected chi connectivity index (χ3v) is 6.06. The number of aryl methyl sites for hydroxylation is 3. The molecule has 0 aromatic carbocycles. The SMILES string of the molecule is Cn1ncc2c1-c1sc(N3C[C@H]4C[C@@H]3CO4)nc1CCC2. The van der Waals surface area contributed by atoms with Gasteiger partial charge in [0.15, 0.2) is 5.13 Å². The highest BCUT2D eigenvalue weighted by Gasteiger charge is 2.40. The second-order valence-electron chi connectivity index (χ2n) is 6.27. The van der Waals surface area contributed by atoms with Gasteiger partial charge in [-0.2, -0.15) is 5.10 Å². The van der Waals surface area contributed by atoms with Gasteiger partial charge in [-0.3, -0.25) is 4.68 Å². The number of nitrogens with zero attached hydrogens (tertiary/aromatic N) is 4. The van der Waals surface area contributed by atoms with E-state index in [2.05, 4.69) is 10.00 Å². The van der Waals surface area contributed by atoms with Crippen LogP contribution in [-0.4, -0.2) is 40.1 Å². The summed E-state index contributed by atoms with van der Waals surface area (Å²) in [5, 5.41) is 5.63. The number of aromatic nitrogens is 3. The molecule has 0 amide bonds. The molecule has 2 saturated heterocycles. The first-order valence-electron chi connectivity index (χ1n) is 7.69. The fourth-order valence-electron chi connectivity index (χ4n) is 3.86. The van der Waals surface area contributed by atoms with E-state index in [1.54, 1.807) is 0 Å². The van der Waals surface area contributed by atoms with Gasteiger partial charge in [0.05, 0.1) is 41.2 Å². The maximum absolute atomic E-state index is 5.71. The van der Waals surface area contributed by atoms with Crippen molar-refractivity contribution in [1.82, 2.24) is 14.8 Å². The Morgan fingerprint density at radius 3 is 3.14 bits per heavy atom. The normalized spacial score (nSPS) is 26.8. The molecule has 0 N–H and O–H groups in total. The van der Waals surface area contributed by atoms with Gasteiger partial charge in [-0.05, 0) is 31.2 Å². The van der Waals surface area contributed by atoms with Crippen LogP contribution in [0.25, 0.3) is 10.6 Å². The third kappa shape index (κ3) is 1.72. The van der Waals surface area contributed by atoms with E-state index in [9.17, 15) is 0 Å². The molecule has 0 saturated carbocycles. The molecule has 0 unspecified atom stereocenters. The summed E-state index contributed by atoms with van der Waals surface area (Å²) in [7, 11) is 2.04. The molecule has 2 aliphatic heterocycles. The summed E-state index contributed by atoms with van der Waals surface area (Å²) >= 11 is 1.85. The minimum absolute atomic E-state index is 0.422. The van der Waals surface area contributed by atoms with Gasteiger partial charge in [-0.1, -0.05) is 11.3 Å². The summed E-state index contributed by atoms with van der Waals surface area (Å²) in [4.78, 5) is 8.78. The zero-order chi connectivity index (χ0) is 14.0. The van der Waals surface area contributed by atoms with Gasteiger partial charge >= 0.3 is 0 Å². The van der Waals surface area contributed by atoms with Gasteiger partial charge in [-0.25, -0.2) is 4.98 Å². The van der Waals surface area contributed by atoms with E-state index in [-0.39, 0.29) is 0 Å². The van der Waals surface area contributed by atoms with Crippen LogP contribution in [-0.2, 0) is 24.6 Å². The summed E-state index contributed by atoms with van der Waals surface area (Å²) in [6.45, 7) is 1.88. The fraction of sp³-hybridized carbons (Fsp3) is 0.600. The van der Waals surface area contributed by atoms with Crippen LogP contribution in [0.15, 0.2) is 6.20 Å². The Bertz CT molecular complexity index is 707. The first-order valence-corrected chi connectivity index (χ1v) is 8.50. The summed E-state index contributed by atoms with van der Waals surface area (Å²) in [6.07, 6.45) is 6.98. The Labute approximate surface area is 127 Å². The van der Waals surface area contributed by atoms with Crippen molar-refractivity contribution in [3.8, 4) is 10.6 Å². The molecule has 6 heteroatoms. The number of thiazole rings is 1. The molecule has 2 bridgehead atoms. The number of rotatable bonds is 1. The van der Waals surface area contributed by atoms with Crippen LogP contribution in [0.5, 0.6) is 0 Å². The lowest BCUT2D eigenvalue weighted by molar-refractivity contribution is 0.0991. The van der Waals surface area contributed by atoms with Crippen molar-refractivity contribution in [3.63, 3.8) is 0 Å². The monoisotopic (exact) mass is 302 g/mol. The van der Waals surface area contributed by atoms with Crippen LogP contribution in [0.2, 0.25) is 0 Å². The smallest absolute Gasteiger partial charge is 0.186 e. The highest BCUT2D eigenvalue weighted by Crippen LogP contribution is 2.42. The van der Waals surface area contributed by atoms with Crippen molar-refractivity contribution in [2.45, 2.75) is 37.8 Å². The van der Waals surface area contributed by atoms with E-state index in [1.807, 2.05) is 29.3 Å². The van der Waals surface area contributed by atoms with Crippen LogP contribution >= 0.6 is 11.3 Å². The number of ether oxygens (including phenoxy) is 1. The Kier molecular flexibility index (Phi) is 2.49. The van der Waals surface area contributed by atoms with E-state index in [1.165, 1.54) is 39.8 Å². The number of anilines is 1. The second kappa shape index (κ2) is 4.30. The highest BCUT2D eigenvalue weighted by atomic mass is 32.1. The first-order chi connectivity index (χ1) is 10.3. The lowest BCUT2D eigenvalue weighted by Crippen LogP contribution is -2.36. The van der Waals surface area contributed by atoms with Crippen molar-refractivity contribution in [2.75, 3.05) is 18.1 Å². The van der Waals surface area contributed by atoms with Crippen LogP contribution in [0.4, 0.5) is 5.13 Å². The second-order valence-corrected chi connectivity index (χ2v) is 7.24. The van der Waals surface area contributed by atoms with Crippen molar-refractivity contribution >= 4 is 16.5 Å². The zero-order valence-electron chi connectivity index (χ0n) is 12.1. The van der Waals surface area contributed by atoms with Gasteiger partial charge < -0.3 is 9.64 Å². The molecule has 2 atom stereocenters. The predicted molar refractivity (Wildman–Crippen MR) is 81.8 cm³/mol. The lowest BCUT2D eigenvalue weighted by atomic mass is 10.1. The maximum atomic E-state index is 5.71. The molecule has 0 spiro atoms. The molecule has 2 aromatic rings. The quantitative estimate of drug-likeness (QED) is 0.808. The summed E-state index contributed by atoms with van der Waals surface area (Å²) in [5.41, 5.74) is 3.92. The van der Waals surface area contributed by atoms with Crippen LogP contribution < -0.4 is 4.90 Å². The zero-order valence-corrected chi connectivity index (χ0v) is 12.9. The average Bonchev–Trinajstić information content (AvgIpc) is 3.22. The van der Waals surface area contributed by atoms with E-state index in [0.29, 0.717) is 12.1 Å². The van der Waals surface area contributed by atoms with Crippen molar-refractivity contribution < 1.29 is 4.74 Å². The molecule has 2 aromatic heterocycles. The molecule has 3 aliphatic rings. The largest absolute Gasteiger partial charge is 0.374 e. The molecule has 2 fully saturated rings. The van der Waals surface area contributed by atoms with Gasteiger partial charge in [0.2, 0.25) is 0 Å². The molecule has 110 valence electrons. The standard InChI is InChI=1S/C15H18N4OS/c1-18-13-9(6-16-18)3-2-4-12-14(13)21-15(17-12)19-7-11-5-10(19)8-20-11/h6,10-11H,2-5,7-8H2,1H3/t10-,11-/m1/s1. The topological polar surface area (TPSA) is 43.2 Å². The van der Waals surface area contributed by atoms with Gasteiger partial charge in [0.25, 0.3) is 0 Å². The van der Waals surface area contributed by atoms with E-state index in [0.717, 1.165) is 26.0 Å². The van der Waals surface area contributed by atoms with E-state index >= 15 is 0 Å². The van der Waals surface area contributed by atoms with Crippen molar-refractivity contribution in [3.05, 3.63) is 17.5 Å². The highest BCUT2D eigenvalue weighted by molar-refractivity contribution is 7.19. The molecular weight excluding hydrogens is 284 g/mol. The Hall–Kier alpha value is -1.40. The predicted octanol–water partition coefficient (Wildman–Crippen LogP) is 2.01. The molecule has 0 radical (unpaired) electrons. The fourth-order valence-corrected chi connectivity index (χ4v) is 5.16. The van der Waals surface area contributed by atoms with Gasteiger partial charge in [-0.15, -0.1) is 0 Å². The minimum atomic E-state index is 0.422. The summed E-state index contributed by atoms with van der Waals surface area (Å²) < 4.78 is 7.72. The Balaban J connectivity index is 1.60. The number of hydrogen-bond donors (Lipinski definition) is 0. The van der Waals surface area contributed by atoms with Crippen molar-refractivity contribution in [1.29, 1.82) is 0 Å². The number of hydrogen-bond acceptors (Lipinski definition) is 5.